The molecular formula is C11H20O3S. The normalized spacial score (nSPS) is 22.0. The number of carbonyl (C=O) groups is 1. The Morgan fingerprint density at radius 2 is 2.00 bits per heavy atom. The molecule has 0 saturated heterocycles. The molecule has 4 heteroatoms. The quantitative estimate of drug-likeness (QED) is 0.696. The van der Waals surface area contributed by atoms with E-state index in [0.29, 0.717) is 6.61 Å². The second kappa shape index (κ2) is 6.26. The van der Waals surface area contributed by atoms with Crippen molar-refractivity contribution in [3.05, 3.63) is 0 Å². The summed E-state index contributed by atoms with van der Waals surface area (Å²) in [5.41, 5.74) is 0. The van der Waals surface area contributed by atoms with Crippen molar-refractivity contribution >= 4 is 16.8 Å². The van der Waals surface area contributed by atoms with Gasteiger partial charge in [0.05, 0.1) is 6.61 Å². The van der Waals surface area contributed by atoms with Crippen LogP contribution < -0.4 is 0 Å². The smallest absolute Gasteiger partial charge is 0.321 e. The topological polar surface area (TPSA) is 43.4 Å². The molecule has 1 aliphatic rings. The predicted molar refractivity (Wildman–Crippen MR) is 61.1 cm³/mol. The molecule has 1 fully saturated rings. The van der Waals surface area contributed by atoms with Crippen molar-refractivity contribution in [2.75, 3.05) is 6.61 Å². The second-order valence-corrected chi connectivity index (χ2v) is 6.01. The van der Waals surface area contributed by atoms with E-state index in [1.54, 1.807) is 13.8 Å². The summed E-state index contributed by atoms with van der Waals surface area (Å²) in [6.07, 6.45) is 5.52. The molecule has 0 aromatic rings. The molecule has 0 bridgehead atoms. The van der Waals surface area contributed by atoms with E-state index in [-0.39, 0.29) is 11.2 Å². The largest absolute Gasteiger partial charge is 0.465 e. The van der Waals surface area contributed by atoms with Crippen LogP contribution in [0.25, 0.3) is 0 Å². The van der Waals surface area contributed by atoms with Gasteiger partial charge in [-0.05, 0) is 26.7 Å². The Hall–Kier alpha value is -0.380. The first-order valence-corrected chi connectivity index (χ1v) is 7.00. The van der Waals surface area contributed by atoms with E-state index >= 15 is 0 Å². The zero-order valence-electron chi connectivity index (χ0n) is 9.53. The third-order valence-electron chi connectivity index (χ3n) is 2.85. The van der Waals surface area contributed by atoms with E-state index in [2.05, 4.69) is 0 Å². The van der Waals surface area contributed by atoms with Crippen LogP contribution in [0.5, 0.6) is 0 Å². The first-order chi connectivity index (χ1) is 7.16. The van der Waals surface area contributed by atoms with Crippen LogP contribution in [0.2, 0.25) is 0 Å². The fourth-order valence-corrected chi connectivity index (χ4v) is 3.57. The van der Waals surface area contributed by atoms with Crippen LogP contribution in [0, 0.1) is 0 Å². The molecule has 0 N–H and O–H groups in total. The Morgan fingerprint density at radius 1 is 1.40 bits per heavy atom. The third-order valence-corrected chi connectivity index (χ3v) is 4.87. The molecule has 0 aromatic heterocycles. The fraction of sp³-hybridized carbons (Fsp3) is 0.909. The summed E-state index contributed by atoms with van der Waals surface area (Å²) in [4.78, 5) is 11.4. The molecule has 0 aliphatic heterocycles. The van der Waals surface area contributed by atoms with Crippen molar-refractivity contribution < 1.29 is 13.7 Å². The van der Waals surface area contributed by atoms with E-state index in [1.165, 1.54) is 6.42 Å². The minimum Gasteiger partial charge on any atom is -0.465 e. The molecule has 1 rings (SSSR count). The molecule has 0 heterocycles. The average Bonchev–Trinajstić information content (AvgIpc) is 2.28. The van der Waals surface area contributed by atoms with E-state index < -0.39 is 16.0 Å². The first-order valence-electron chi connectivity index (χ1n) is 5.72. The molecule has 15 heavy (non-hydrogen) atoms. The van der Waals surface area contributed by atoms with Gasteiger partial charge in [-0.15, -0.1) is 0 Å². The Balaban J connectivity index is 2.47. The van der Waals surface area contributed by atoms with Gasteiger partial charge in [-0.2, -0.15) is 0 Å². The van der Waals surface area contributed by atoms with Crippen LogP contribution in [0.3, 0.4) is 0 Å². The molecular weight excluding hydrogens is 212 g/mol. The Kier molecular flexibility index (Phi) is 5.29. The highest BCUT2D eigenvalue weighted by Crippen LogP contribution is 2.24. The number of carbonyl (C=O) groups excluding carboxylic acids is 1. The van der Waals surface area contributed by atoms with Crippen molar-refractivity contribution in [2.45, 2.75) is 56.5 Å². The van der Waals surface area contributed by atoms with Gasteiger partial charge in [0, 0.05) is 16.0 Å². The molecule has 2 atom stereocenters. The average molecular weight is 232 g/mol. The van der Waals surface area contributed by atoms with E-state index in [4.69, 9.17) is 4.74 Å². The van der Waals surface area contributed by atoms with Gasteiger partial charge in [0.25, 0.3) is 0 Å². The summed E-state index contributed by atoms with van der Waals surface area (Å²) in [7, 11) is -1.06. The van der Waals surface area contributed by atoms with Crippen LogP contribution in [0.1, 0.15) is 46.0 Å². The summed E-state index contributed by atoms with van der Waals surface area (Å²) in [6.45, 7) is 3.85. The summed E-state index contributed by atoms with van der Waals surface area (Å²) < 4.78 is 16.9. The predicted octanol–water partition coefficient (Wildman–Crippen LogP) is 2.02. The maximum Gasteiger partial charge on any atom is 0.321 e. The second-order valence-electron chi connectivity index (χ2n) is 3.98. The molecule has 0 amide bonds. The third kappa shape index (κ3) is 3.59. The van der Waals surface area contributed by atoms with Crippen LogP contribution in [0.4, 0.5) is 0 Å². The lowest BCUT2D eigenvalue weighted by Gasteiger charge is -2.23. The van der Waals surface area contributed by atoms with Gasteiger partial charge in [-0.3, -0.25) is 9.00 Å². The van der Waals surface area contributed by atoms with Gasteiger partial charge in [0.1, 0.15) is 5.25 Å². The molecule has 1 saturated carbocycles. The van der Waals surface area contributed by atoms with Gasteiger partial charge >= 0.3 is 5.97 Å². The van der Waals surface area contributed by atoms with Crippen molar-refractivity contribution in [3.8, 4) is 0 Å². The molecule has 3 nitrogen and oxygen atoms in total. The minimum atomic E-state index is -1.06. The van der Waals surface area contributed by atoms with Crippen molar-refractivity contribution in [1.82, 2.24) is 0 Å². The molecule has 1 aliphatic carbocycles. The van der Waals surface area contributed by atoms with Gasteiger partial charge in [0.15, 0.2) is 0 Å². The van der Waals surface area contributed by atoms with E-state index in [0.717, 1.165) is 25.7 Å². The van der Waals surface area contributed by atoms with E-state index in [1.807, 2.05) is 0 Å². The minimum absolute atomic E-state index is 0.207. The monoisotopic (exact) mass is 232 g/mol. The lowest BCUT2D eigenvalue weighted by molar-refractivity contribution is -0.142. The maximum absolute atomic E-state index is 12.0. The standard InChI is InChI=1S/C11H20O3S/c1-3-14-11(12)9(2)15(13)10-7-5-4-6-8-10/h9-10H,3-8H2,1-2H3. The molecule has 0 radical (unpaired) electrons. The number of hydrogen-bond acceptors (Lipinski definition) is 3. The molecule has 0 spiro atoms. The van der Waals surface area contributed by atoms with Crippen LogP contribution in [-0.2, 0) is 20.3 Å². The van der Waals surface area contributed by atoms with Crippen LogP contribution in [0.15, 0.2) is 0 Å². The summed E-state index contributed by atoms with van der Waals surface area (Å²) in [5.74, 6) is -0.318. The molecule has 88 valence electrons. The van der Waals surface area contributed by atoms with Crippen molar-refractivity contribution in [3.63, 3.8) is 0 Å². The van der Waals surface area contributed by atoms with Gasteiger partial charge < -0.3 is 4.74 Å². The van der Waals surface area contributed by atoms with Gasteiger partial charge in [-0.25, -0.2) is 0 Å². The summed E-state index contributed by atoms with van der Waals surface area (Å²) in [6, 6.07) is 0. The number of esters is 1. The Labute approximate surface area is 94.0 Å². The highest BCUT2D eigenvalue weighted by molar-refractivity contribution is 7.87. The zero-order valence-corrected chi connectivity index (χ0v) is 10.3. The number of hydrogen-bond donors (Lipinski definition) is 0. The maximum atomic E-state index is 12.0. The molecule has 2 unspecified atom stereocenters. The van der Waals surface area contributed by atoms with Crippen molar-refractivity contribution in [1.29, 1.82) is 0 Å². The van der Waals surface area contributed by atoms with Crippen molar-refractivity contribution in [2.24, 2.45) is 0 Å². The Bertz CT molecular complexity index is 234. The highest BCUT2D eigenvalue weighted by Gasteiger charge is 2.28. The SMILES string of the molecule is CCOC(=O)C(C)S(=O)C1CCCCC1. The number of ether oxygens (including phenoxy) is 1. The fourth-order valence-electron chi connectivity index (χ4n) is 1.94. The van der Waals surface area contributed by atoms with Gasteiger partial charge in [0.2, 0.25) is 0 Å². The lowest BCUT2D eigenvalue weighted by atomic mass is 10.0. The van der Waals surface area contributed by atoms with E-state index in [9.17, 15) is 9.00 Å². The highest BCUT2D eigenvalue weighted by atomic mass is 32.2. The van der Waals surface area contributed by atoms with Crippen LogP contribution in [-0.4, -0.2) is 27.3 Å². The van der Waals surface area contributed by atoms with Crippen LogP contribution >= 0.6 is 0 Å². The molecule has 0 aromatic carbocycles. The zero-order chi connectivity index (χ0) is 11.3. The van der Waals surface area contributed by atoms with Gasteiger partial charge in [-0.1, -0.05) is 19.3 Å². The lowest BCUT2D eigenvalue weighted by Crippen LogP contribution is -2.32. The summed E-state index contributed by atoms with van der Waals surface area (Å²) >= 11 is 0. The Morgan fingerprint density at radius 3 is 2.53 bits per heavy atom. The first kappa shape index (κ1) is 12.7. The summed E-state index contributed by atoms with van der Waals surface area (Å²) in [5, 5.41) is -0.258. The number of rotatable bonds is 4.